The predicted molar refractivity (Wildman–Crippen MR) is 76.7 cm³/mol. The van der Waals surface area contributed by atoms with Gasteiger partial charge < -0.3 is 20.2 Å². The van der Waals surface area contributed by atoms with E-state index in [9.17, 15) is 23.1 Å². The Morgan fingerprint density at radius 1 is 1.22 bits per heavy atom. The summed E-state index contributed by atoms with van der Waals surface area (Å²) in [7, 11) is 0. The fraction of sp³-hybridized carbons (Fsp3) is 0.267. The number of anilines is 1. The molecule has 2 aromatic rings. The number of furan rings is 1. The molecule has 0 saturated heterocycles. The Bertz CT molecular complexity index is 650. The van der Waals surface area contributed by atoms with Crippen molar-refractivity contribution in [2.75, 3.05) is 11.9 Å². The van der Waals surface area contributed by atoms with Gasteiger partial charge in [-0.25, -0.2) is 4.79 Å². The Hall–Kier alpha value is -2.48. The third-order valence-corrected chi connectivity index (χ3v) is 3.12. The number of urea groups is 1. The van der Waals surface area contributed by atoms with Crippen LogP contribution in [0.2, 0.25) is 0 Å². The number of nitrogens with one attached hydrogen (secondary N) is 2. The standard InChI is InChI=1S/C15H15F3N2O3/c1-14(22,12-3-2-8-23-12)9-19-13(21)20-11-6-4-10(5-7-11)15(16,17)18/h2-8,22H,9H2,1H3,(H2,19,20,21)/t14-/m1/s1. The van der Waals surface area contributed by atoms with Crippen molar-refractivity contribution >= 4 is 11.7 Å². The summed E-state index contributed by atoms with van der Waals surface area (Å²) in [6.07, 6.45) is -3.03. The lowest BCUT2D eigenvalue weighted by molar-refractivity contribution is -0.137. The Morgan fingerprint density at radius 2 is 1.87 bits per heavy atom. The van der Waals surface area contributed by atoms with Gasteiger partial charge in [0.15, 0.2) is 0 Å². The highest BCUT2D eigenvalue weighted by molar-refractivity contribution is 5.89. The van der Waals surface area contributed by atoms with Gasteiger partial charge in [-0.2, -0.15) is 13.2 Å². The fourth-order valence-electron chi connectivity index (χ4n) is 1.84. The first-order valence-corrected chi connectivity index (χ1v) is 6.67. The second-order valence-electron chi connectivity index (χ2n) is 5.13. The van der Waals surface area contributed by atoms with E-state index in [0.29, 0.717) is 0 Å². The molecule has 0 aliphatic rings. The van der Waals surface area contributed by atoms with Crippen molar-refractivity contribution in [3.63, 3.8) is 0 Å². The molecule has 0 aliphatic heterocycles. The van der Waals surface area contributed by atoms with Crippen molar-refractivity contribution in [3.05, 3.63) is 54.0 Å². The van der Waals surface area contributed by atoms with Gasteiger partial charge in [-0.1, -0.05) is 0 Å². The van der Waals surface area contributed by atoms with Crippen LogP contribution in [-0.4, -0.2) is 17.7 Å². The Kier molecular flexibility index (Phi) is 4.65. The first-order valence-electron chi connectivity index (χ1n) is 6.67. The molecule has 0 spiro atoms. The highest BCUT2D eigenvalue weighted by Crippen LogP contribution is 2.29. The normalized spacial score (nSPS) is 14.1. The molecule has 2 amide bonds. The zero-order chi connectivity index (χ0) is 17.1. The Labute approximate surface area is 130 Å². The van der Waals surface area contributed by atoms with E-state index in [1.807, 2.05) is 0 Å². The van der Waals surface area contributed by atoms with E-state index in [2.05, 4.69) is 10.6 Å². The summed E-state index contributed by atoms with van der Waals surface area (Å²) in [6.45, 7) is 1.33. The van der Waals surface area contributed by atoms with Gasteiger partial charge in [0, 0.05) is 5.69 Å². The molecule has 0 radical (unpaired) electrons. The lowest BCUT2D eigenvalue weighted by Gasteiger charge is -2.21. The first kappa shape index (κ1) is 16.9. The molecule has 124 valence electrons. The highest BCUT2D eigenvalue weighted by Gasteiger charge is 2.30. The minimum atomic E-state index is -4.43. The molecule has 0 unspecified atom stereocenters. The number of hydrogen-bond acceptors (Lipinski definition) is 3. The topological polar surface area (TPSA) is 74.5 Å². The number of alkyl halides is 3. The summed E-state index contributed by atoms with van der Waals surface area (Å²) in [6, 6.07) is 6.54. The number of carbonyl (C=O) groups excluding carboxylic acids is 1. The fourth-order valence-corrected chi connectivity index (χ4v) is 1.84. The summed E-state index contributed by atoms with van der Waals surface area (Å²) >= 11 is 0. The molecule has 2 rings (SSSR count). The number of amides is 2. The average molecular weight is 328 g/mol. The van der Waals surface area contributed by atoms with E-state index >= 15 is 0 Å². The summed E-state index contributed by atoms with van der Waals surface area (Å²) in [5, 5.41) is 15.0. The summed E-state index contributed by atoms with van der Waals surface area (Å²) in [5.41, 5.74) is -2.00. The lowest BCUT2D eigenvalue weighted by atomic mass is 10.0. The average Bonchev–Trinajstić information content (AvgIpc) is 3.00. The van der Waals surface area contributed by atoms with Crippen molar-refractivity contribution in [3.8, 4) is 0 Å². The molecule has 3 N–H and O–H groups in total. The monoisotopic (exact) mass is 328 g/mol. The van der Waals surface area contributed by atoms with E-state index in [1.165, 1.54) is 13.2 Å². The molecule has 5 nitrogen and oxygen atoms in total. The van der Waals surface area contributed by atoms with Gasteiger partial charge in [-0.15, -0.1) is 0 Å². The van der Waals surface area contributed by atoms with Gasteiger partial charge in [0.2, 0.25) is 0 Å². The number of benzene rings is 1. The highest BCUT2D eigenvalue weighted by atomic mass is 19.4. The number of carbonyl (C=O) groups is 1. The van der Waals surface area contributed by atoms with Crippen LogP contribution in [0.1, 0.15) is 18.2 Å². The second kappa shape index (κ2) is 6.33. The third-order valence-electron chi connectivity index (χ3n) is 3.12. The van der Waals surface area contributed by atoms with Crippen LogP contribution in [0, 0.1) is 0 Å². The maximum absolute atomic E-state index is 12.4. The van der Waals surface area contributed by atoms with Crippen LogP contribution in [0.25, 0.3) is 0 Å². The lowest BCUT2D eigenvalue weighted by Crippen LogP contribution is -2.40. The van der Waals surface area contributed by atoms with Crippen LogP contribution in [0.5, 0.6) is 0 Å². The molecular formula is C15H15F3N2O3. The van der Waals surface area contributed by atoms with E-state index in [-0.39, 0.29) is 18.0 Å². The summed E-state index contributed by atoms with van der Waals surface area (Å²) < 4.78 is 42.4. The van der Waals surface area contributed by atoms with Crippen molar-refractivity contribution in [1.29, 1.82) is 0 Å². The Balaban J connectivity index is 1.90. The van der Waals surface area contributed by atoms with Gasteiger partial charge in [0.05, 0.1) is 18.4 Å². The molecule has 1 aromatic heterocycles. The summed E-state index contributed by atoms with van der Waals surface area (Å²) in [5.74, 6) is 0.285. The third kappa shape index (κ3) is 4.49. The molecule has 0 fully saturated rings. The van der Waals surface area contributed by atoms with Gasteiger partial charge >= 0.3 is 12.2 Å². The molecule has 0 bridgehead atoms. The van der Waals surface area contributed by atoms with E-state index < -0.39 is 23.4 Å². The largest absolute Gasteiger partial charge is 0.466 e. The molecule has 23 heavy (non-hydrogen) atoms. The maximum atomic E-state index is 12.4. The molecule has 1 atom stereocenters. The van der Waals surface area contributed by atoms with Gasteiger partial charge in [-0.3, -0.25) is 0 Å². The van der Waals surface area contributed by atoms with Crippen molar-refractivity contribution in [1.82, 2.24) is 5.32 Å². The van der Waals surface area contributed by atoms with Crippen LogP contribution in [0.3, 0.4) is 0 Å². The van der Waals surface area contributed by atoms with Gasteiger partial charge in [0.25, 0.3) is 0 Å². The first-order chi connectivity index (χ1) is 10.7. The SMILES string of the molecule is C[C@@](O)(CNC(=O)Nc1ccc(C(F)(F)F)cc1)c1ccco1. The van der Waals surface area contributed by atoms with Gasteiger partial charge in [-0.05, 0) is 43.3 Å². The smallest absolute Gasteiger partial charge is 0.416 e. The number of halogens is 3. The van der Waals surface area contributed by atoms with Crippen LogP contribution in [0.15, 0.2) is 47.1 Å². The van der Waals surface area contributed by atoms with Crippen LogP contribution >= 0.6 is 0 Å². The van der Waals surface area contributed by atoms with Crippen LogP contribution in [0.4, 0.5) is 23.7 Å². The maximum Gasteiger partial charge on any atom is 0.416 e. The molecule has 0 aliphatic carbocycles. The van der Waals surface area contributed by atoms with E-state index in [4.69, 9.17) is 4.42 Å². The molecule has 8 heteroatoms. The van der Waals surface area contributed by atoms with Gasteiger partial charge in [0.1, 0.15) is 11.4 Å². The van der Waals surface area contributed by atoms with Crippen molar-refractivity contribution < 1.29 is 27.5 Å². The van der Waals surface area contributed by atoms with E-state index in [0.717, 1.165) is 24.3 Å². The number of rotatable bonds is 4. The summed E-state index contributed by atoms with van der Waals surface area (Å²) in [4.78, 5) is 11.7. The number of hydrogen-bond donors (Lipinski definition) is 3. The molecular weight excluding hydrogens is 313 g/mol. The predicted octanol–water partition coefficient (Wildman–Crippen LogP) is 3.33. The molecule has 1 aromatic carbocycles. The van der Waals surface area contributed by atoms with Crippen molar-refractivity contribution in [2.45, 2.75) is 18.7 Å². The van der Waals surface area contributed by atoms with Crippen LogP contribution in [-0.2, 0) is 11.8 Å². The van der Waals surface area contributed by atoms with Crippen molar-refractivity contribution in [2.24, 2.45) is 0 Å². The zero-order valence-corrected chi connectivity index (χ0v) is 12.1. The number of aliphatic hydroxyl groups is 1. The van der Waals surface area contributed by atoms with Crippen LogP contribution < -0.4 is 10.6 Å². The molecule has 1 heterocycles. The quantitative estimate of drug-likeness (QED) is 0.806. The minimum Gasteiger partial charge on any atom is -0.466 e. The second-order valence-corrected chi connectivity index (χ2v) is 5.13. The van der Waals surface area contributed by atoms with E-state index in [1.54, 1.807) is 12.1 Å². The minimum absolute atomic E-state index is 0.132. The zero-order valence-electron chi connectivity index (χ0n) is 12.1. The Morgan fingerprint density at radius 3 is 2.39 bits per heavy atom. The molecule has 0 saturated carbocycles.